The van der Waals surface area contributed by atoms with Crippen LogP contribution >= 0.6 is 0 Å². The first-order valence-corrected chi connectivity index (χ1v) is 7.66. The van der Waals surface area contributed by atoms with Gasteiger partial charge in [0, 0.05) is 24.5 Å². The third-order valence-electron chi connectivity index (χ3n) is 5.63. The molecular weight excluding hydrogens is 238 g/mol. The van der Waals surface area contributed by atoms with Gasteiger partial charge in [0.15, 0.2) is 0 Å². The normalized spacial score (nSPS) is 35.4. The van der Waals surface area contributed by atoms with Crippen LogP contribution in [0.25, 0.3) is 0 Å². The van der Waals surface area contributed by atoms with Crippen molar-refractivity contribution in [3.63, 3.8) is 0 Å². The van der Waals surface area contributed by atoms with Gasteiger partial charge in [0.2, 0.25) is 5.91 Å². The van der Waals surface area contributed by atoms with Crippen LogP contribution in [0.4, 0.5) is 0 Å². The minimum absolute atomic E-state index is 0.0254. The molecule has 0 spiro atoms. The number of aliphatic hydroxyl groups is 1. The lowest BCUT2D eigenvalue weighted by atomic mass is 9.73. The van der Waals surface area contributed by atoms with Gasteiger partial charge in [0.25, 0.3) is 0 Å². The van der Waals surface area contributed by atoms with E-state index in [1.54, 1.807) is 0 Å². The Labute approximate surface area is 117 Å². The number of fused-ring (bicyclic) bond motifs is 2. The van der Waals surface area contributed by atoms with E-state index in [-0.39, 0.29) is 29.3 Å². The molecule has 2 aliphatic rings. The second-order valence-electron chi connectivity index (χ2n) is 7.95. The summed E-state index contributed by atoms with van der Waals surface area (Å²) in [5.74, 6) is 1.69. The molecule has 1 amide bonds. The van der Waals surface area contributed by atoms with Crippen molar-refractivity contribution in [1.82, 2.24) is 5.32 Å². The summed E-state index contributed by atoms with van der Waals surface area (Å²) in [4.78, 5) is 12.5. The second-order valence-corrected chi connectivity index (χ2v) is 7.95. The summed E-state index contributed by atoms with van der Waals surface area (Å²) >= 11 is 0. The number of rotatable bonds is 4. The van der Waals surface area contributed by atoms with E-state index >= 15 is 0 Å². The van der Waals surface area contributed by atoms with E-state index in [0.717, 1.165) is 12.3 Å². The fourth-order valence-electron chi connectivity index (χ4n) is 3.95. The maximum Gasteiger partial charge on any atom is 0.226 e. The Kier molecular flexibility index (Phi) is 3.97. The van der Waals surface area contributed by atoms with Gasteiger partial charge in [-0.15, -0.1) is 0 Å². The van der Waals surface area contributed by atoms with Crippen LogP contribution in [0.1, 0.15) is 53.4 Å². The van der Waals surface area contributed by atoms with Gasteiger partial charge in [-0.3, -0.25) is 4.79 Å². The highest BCUT2D eigenvalue weighted by Gasteiger charge is 2.52. The predicted octanol–water partition coefficient (Wildman–Crippen LogP) is 2.58. The third kappa shape index (κ3) is 2.81. The number of carbonyl (C=O) groups excluding carboxylic acids is 1. The molecule has 4 atom stereocenters. The van der Waals surface area contributed by atoms with E-state index < -0.39 is 0 Å². The van der Waals surface area contributed by atoms with E-state index in [1.165, 1.54) is 19.3 Å². The average molecular weight is 267 g/mol. The van der Waals surface area contributed by atoms with E-state index in [2.05, 4.69) is 33.0 Å². The molecule has 3 nitrogen and oxygen atoms in total. The Hall–Kier alpha value is -0.570. The highest BCUT2D eigenvalue weighted by Crippen LogP contribution is 2.55. The zero-order valence-electron chi connectivity index (χ0n) is 12.8. The van der Waals surface area contributed by atoms with Crippen LogP contribution in [-0.4, -0.2) is 24.2 Å². The molecule has 0 heterocycles. The fraction of sp³-hybridized carbons (Fsp3) is 0.938. The molecule has 2 aliphatic carbocycles. The number of nitrogens with one attached hydrogen (secondary N) is 1. The van der Waals surface area contributed by atoms with Crippen LogP contribution in [0.2, 0.25) is 0 Å². The summed E-state index contributed by atoms with van der Waals surface area (Å²) in [6, 6.07) is 0. The molecule has 2 rings (SSSR count). The first-order chi connectivity index (χ1) is 8.77. The van der Waals surface area contributed by atoms with Crippen molar-refractivity contribution in [2.75, 3.05) is 13.2 Å². The lowest BCUT2D eigenvalue weighted by Gasteiger charge is -2.35. The number of hydrogen-bond acceptors (Lipinski definition) is 2. The summed E-state index contributed by atoms with van der Waals surface area (Å²) < 4.78 is 0. The van der Waals surface area contributed by atoms with Crippen molar-refractivity contribution in [3.05, 3.63) is 0 Å². The van der Waals surface area contributed by atoms with Gasteiger partial charge in [-0.2, -0.15) is 0 Å². The van der Waals surface area contributed by atoms with Gasteiger partial charge in [-0.25, -0.2) is 0 Å². The maximum absolute atomic E-state index is 12.5. The highest BCUT2D eigenvalue weighted by molar-refractivity contribution is 5.83. The zero-order chi connectivity index (χ0) is 14.3. The second kappa shape index (κ2) is 5.08. The summed E-state index contributed by atoms with van der Waals surface area (Å²) in [5, 5.41) is 12.6. The van der Waals surface area contributed by atoms with Crippen molar-refractivity contribution in [2.24, 2.45) is 28.6 Å². The molecule has 2 bridgehead atoms. The molecule has 19 heavy (non-hydrogen) atoms. The molecule has 110 valence electrons. The topological polar surface area (TPSA) is 49.3 Å². The third-order valence-corrected chi connectivity index (χ3v) is 5.63. The van der Waals surface area contributed by atoms with Crippen molar-refractivity contribution in [3.8, 4) is 0 Å². The van der Waals surface area contributed by atoms with Crippen LogP contribution < -0.4 is 5.32 Å². The van der Waals surface area contributed by atoms with Crippen LogP contribution in [0.5, 0.6) is 0 Å². The van der Waals surface area contributed by atoms with Crippen molar-refractivity contribution >= 4 is 5.91 Å². The van der Waals surface area contributed by atoms with Gasteiger partial charge in [-0.1, -0.05) is 34.1 Å². The number of aliphatic hydroxyl groups excluding tert-OH is 1. The van der Waals surface area contributed by atoms with Crippen molar-refractivity contribution in [2.45, 2.75) is 53.4 Å². The van der Waals surface area contributed by atoms with Gasteiger partial charge in [-0.05, 0) is 36.5 Å². The summed E-state index contributed by atoms with van der Waals surface area (Å²) in [6.07, 6.45) is 4.83. The molecule has 0 saturated heterocycles. The van der Waals surface area contributed by atoms with Gasteiger partial charge < -0.3 is 10.4 Å². The van der Waals surface area contributed by atoms with Crippen LogP contribution in [0, 0.1) is 28.6 Å². The monoisotopic (exact) mass is 267 g/mol. The molecule has 3 heteroatoms. The zero-order valence-corrected chi connectivity index (χ0v) is 12.8. The maximum atomic E-state index is 12.5. The van der Waals surface area contributed by atoms with E-state index in [0.29, 0.717) is 12.5 Å². The lowest BCUT2D eigenvalue weighted by Crippen LogP contribution is -2.46. The summed E-state index contributed by atoms with van der Waals surface area (Å²) in [5.41, 5.74) is -0.127. The number of hydrogen-bond donors (Lipinski definition) is 2. The molecule has 2 N–H and O–H groups in total. The molecule has 2 fully saturated rings. The molecule has 0 aromatic carbocycles. The number of amides is 1. The Balaban J connectivity index is 1.91. The van der Waals surface area contributed by atoms with Crippen LogP contribution in [0.3, 0.4) is 0 Å². The standard InChI is InChI=1S/C16H29NO2/c1-15(2,3)13(10-18)9-17-14(19)16(4)8-11-5-6-12(16)7-11/h11-13,18H,5-10H2,1-4H3,(H,17,19). The SMILES string of the molecule is CC(C)(C)C(CO)CNC(=O)C1(C)CC2CCC1C2. The molecule has 0 radical (unpaired) electrons. The van der Waals surface area contributed by atoms with E-state index in [1.807, 2.05) is 0 Å². The van der Waals surface area contributed by atoms with Gasteiger partial charge in [0.1, 0.15) is 0 Å². The fourth-order valence-corrected chi connectivity index (χ4v) is 3.95. The highest BCUT2D eigenvalue weighted by atomic mass is 16.3. The minimum Gasteiger partial charge on any atom is -0.396 e. The first kappa shape index (κ1) is 14.8. The molecular formula is C16H29NO2. The summed E-state index contributed by atoms with van der Waals surface area (Å²) in [7, 11) is 0. The molecule has 0 aromatic heterocycles. The largest absolute Gasteiger partial charge is 0.396 e. The number of carbonyl (C=O) groups is 1. The van der Waals surface area contributed by atoms with Gasteiger partial charge >= 0.3 is 0 Å². The molecule has 0 aliphatic heterocycles. The smallest absolute Gasteiger partial charge is 0.226 e. The lowest BCUT2D eigenvalue weighted by molar-refractivity contribution is -0.133. The Bertz CT molecular complexity index is 347. The van der Waals surface area contributed by atoms with Crippen molar-refractivity contribution in [1.29, 1.82) is 0 Å². The molecule has 4 unspecified atom stereocenters. The van der Waals surface area contributed by atoms with E-state index in [9.17, 15) is 9.90 Å². The Morgan fingerprint density at radius 2 is 2.11 bits per heavy atom. The first-order valence-electron chi connectivity index (χ1n) is 7.66. The molecule has 0 aromatic rings. The van der Waals surface area contributed by atoms with E-state index in [4.69, 9.17) is 0 Å². The quantitative estimate of drug-likeness (QED) is 0.822. The Morgan fingerprint density at radius 1 is 1.42 bits per heavy atom. The van der Waals surface area contributed by atoms with Crippen LogP contribution in [0.15, 0.2) is 0 Å². The summed E-state index contributed by atoms with van der Waals surface area (Å²) in [6.45, 7) is 9.19. The average Bonchev–Trinajstić information content (AvgIpc) is 2.88. The van der Waals surface area contributed by atoms with Crippen LogP contribution in [-0.2, 0) is 4.79 Å². The van der Waals surface area contributed by atoms with Gasteiger partial charge in [0.05, 0.1) is 0 Å². The minimum atomic E-state index is -0.152. The Morgan fingerprint density at radius 3 is 2.53 bits per heavy atom. The predicted molar refractivity (Wildman–Crippen MR) is 76.6 cm³/mol. The van der Waals surface area contributed by atoms with Crippen molar-refractivity contribution < 1.29 is 9.90 Å². The molecule has 2 saturated carbocycles.